The predicted octanol–water partition coefficient (Wildman–Crippen LogP) is 3.36. The molecule has 0 radical (unpaired) electrons. The van der Waals surface area contributed by atoms with Crippen LogP contribution in [0.5, 0.6) is 0 Å². The summed E-state index contributed by atoms with van der Waals surface area (Å²) in [7, 11) is 0. The molecule has 120 valence electrons. The Kier molecular flexibility index (Phi) is 5.13. The molecule has 1 aromatic rings. The summed E-state index contributed by atoms with van der Waals surface area (Å²) in [5.74, 6) is -0.282. The molecule has 0 spiro atoms. The third-order valence-corrected chi connectivity index (χ3v) is 3.82. The van der Waals surface area contributed by atoms with Crippen molar-refractivity contribution in [2.45, 2.75) is 25.1 Å². The molecule has 0 bridgehead atoms. The summed E-state index contributed by atoms with van der Waals surface area (Å²) < 4.78 is 38.2. The number of hydrogen-bond donors (Lipinski definition) is 1. The molecule has 0 aliphatic carbocycles. The van der Waals surface area contributed by atoms with Crippen molar-refractivity contribution in [2.75, 3.05) is 13.1 Å². The van der Waals surface area contributed by atoms with Crippen LogP contribution < -0.4 is 0 Å². The number of hydrogen-bond acceptors (Lipinski definition) is 2. The van der Waals surface area contributed by atoms with E-state index in [0.29, 0.717) is 25.9 Å². The number of carbonyl (C=O) groups excluding carboxylic acids is 1. The Morgan fingerprint density at radius 2 is 1.95 bits per heavy atom. The van der Waals surface area contributed by atoms with E-state index in [9.17, 15) is 23.1 Å². The van der Waals surface area contributed by atoms with E-state index in [1.807, 2.05) is 0 Å². The minimum atomic E-state index is -4.53. The third kappa shape index (κ3) is 4.24. The number of rotatable bonds is 2. The molecule has 1 saturated heterocycles. The Morgan fingerprint density at radius 3 is 2.55 bits per heavy atom. The van der Waals surface area contributed by atoms with E-state index in [1.165, 1.54) is 18.2 Å². The third-order valence-electron chi connectivity index (χ3n) is 3.49. The monoisotopic (exact) mass is 333 g/mol. The fourth-order valence-corrected chi connectivity index (χ4v) is 2.45. The number of nitrogens with zero attached hydrogens (tertiary/aromatic N) is 1. The quantitative estimate of drug-likeness (QED) is 0.843. The first-order valence-electron chi connectivity index (χ1n) is 6.79. The van der Waals surface area contributed by atoms with Crippen molar-refractivity contribution in [1.82, 2.24) is 4.90 Å². The second kappa shape index (κ2) is 6.71. The van der Waals surface area contributed by atoms with E-state index in [4.69, 9.17) is 11.6 Å². The van der Waals surface area contributed by atoms with Gasteiger partial charge in [-0.15, -0.1) is 0 Å². The van der Waals surface area contributed by atoms with Crippen LogP contribution in [0.15, 0.2) is 24.3 Å². The van der Waals surface area contributed by atoms with Crippen molar-refractivity contribution in [3.63, 3.8) is 0 Å². The van der Waals surface area contributed by atoms with Gasteiger partial charge in [-0.2, -0.15) is 13.2 Å². The van der Waals surface area contributed by atoms with E-state index >= 15 is 0 Å². The van der Waals surface area contributed by atoms with Gasteiger partial charge in [-0.3, -0.25) is 4.79 Å². The van der Waals surface area contributed by atoms with Gasteiger partial charge in [0.25, 0.3) is 0 Å². The average Bonchev–Trinajstić information content (AvgIpc) is 2.45. The first-order valence-corrected chi connectivity index (χ1v) is 7.17. The Labute approximate surface area is 131 Å². The Balaban J connectivity index is 2.08. The Morgan fingerprint density at radius 1 is 1.32 bits per heavy atom. The van der Waals surface area contributed by atoms with Crippen LogP contribution in [0.4, 0.5) is 13.2 Å². The molecule has 0 aromatic heterocycles. The first kappa shape index (κ1) is 16.8. The minimum absolute atomic E-state index is 0.252. The SMILES string of the molecule is O=C(C=Cc1ccc(Cl)c(C(F)(F)F)c1)N1CCC(O)CC1. The molecule has 3 nitrogen and oxygen atoms in total. The molecular formula is C15H15ClF3NO2. The van der Waals surface area contributed by atoms with E-state index in [0.717, 1.165) is 12.1 Å². The largest absolute Gasteiger partial charge is 0.417 e. The van der Waals surface area contributed by atoms with Gasteiger partial charge in [-0.1, -0.05) is 17.7 Å². The normalized spacial score (nSPS) is 17.2. The van der Waals surface area contributed by atoms with Crippen molar-refractivity contribution >= 4 is 23.6 Å². The van der Waals surface area contributed by atoms with Crippen molar-refractivity contribution in [1.29, 1.82) is 0 Å². The molecule has 0 unspecified atom stereocenters. The molecule has 0 saturated carbocycles. The maximum Gasteiger partial charge on any atom is 0.417 e. The van der Waals surface area contributed by atoms with Crippen LogP contribution in [-0.4, -0.2) is 35.1 Å². The topological polar surface area (TPSA) is 40.5 Å². The highest BCUT2D eigenvalue weighted by molar-refractivity contribution is 6.31. The number of amides is 1. The lowest BCUT2D eigenvalue weighted by molar-refractivity contribution is -0.137. The van der Waals surface area contributed by atoms with Crippen molar-refractivity contribution in [2.24, 2.45) is 0 Å². The molecule has 1 aliphatic rings. The number of carbonyl (C=O) groups is 1. The van der Waals surface area contributed by atoms with Crippen LogP contribution in [0.3, 0.4) is 0 Å². The number of halogens is 4. The van der Waals surface area contributed by atoms with Gasteiger partial charge >= 0.3 is 6.18 Å². The van der Waals surface area contributed by atoms with Crippen LogP contribution in [-0.2, 0) is 11.0 Å². The van der Waals surface area contributed by atoms with Gasteiger partial charge in [0, 0.05) is 19.2 Å². The molecule has 1 amide bonds. The molecule has 1 fully saturated rings. The summed E-state index contributed by atoms with van der Waals surface area (Å²) >= 11 is 5.54. The number of benzene rings is 1. The van der Waals surface area contributed by atoms with Crippen molar-refractivity contribution in [3.8, 4) is 0 Å². The summed E-state index contributed by atoms with van der Waals surface area (Å²) in [4.78, 5) is 13.5. The summed E-state index contributed by atoms with van der Waals surface area (Å²) in [6.45, 7) is 0.886. The molecule has 1 heterocycles. The van der Waals surface area contributed by atoms with Crippen molar-refractivity contribution < 1.29 is 23.1 Å². The first-order chi connectivity index (χ1) is 10.3. The molecular weight excluding hydrogens is 319 g/mol. The maximum absolute atomic E-state index is 12.7. The fraction of sp³-hybridized carbons (Fsp3) is 0.400. The van der Waals surface area contributed by atoms with Crippen molar-refractivity contribution in [3.05, 3.63) is 40.4 Å². The van der Waals surface area contributed by atoms with E-state index in [2.05, 4.69) is 0 Å². The van der Waals surface area contributed by atoms with E-state index in [1.54, 1.807) is 4.90 Å². The summed E-state index contributed by atoms with van der Waals surface area (Å²) in [6.07, 6.45) is -1.33. The number of likely N-dealkylation sites (tertiary alicyclic amines) is 1. The van der Waals surface area contributed by atoms with Gasteiger partial charge in [0.15, 0.2) is 0 Å². The van der Waals surface area contributed by atoms with Gasteiger partial charge < -0.3 is 10.0 Å². The summed E-state index contributed by atoms with van der Waals surface area (Å²) in [6, 6.07) is 3.49. The lowest BCUT2D eigenvalue weighted by Gasteiger charge is -2.28. The van der Waals surface area contributed by atoms with Gasteiger partial charge in [0.1, 0.15) is 0 Å². The maximum atomic E-state index is 12.7. The van der Waals surface area contributed by atoms with E-state index < -0.39 is 17.8 Å². The van der Waals surface area contributed by atoms with Gasteiger partial charge in [0.2, 0.25) is 5.91 Å². The Hall–Kier alpha value is -1.53. The zero-order valence-corrected chi connectivity index (χ0v) is 12.4. The zero-order valence-electron chi connectivity index (χ0n) is 11.6. The van der Waals surface area contributed by atoms with Crippen LogP contribution in [0.25, 0.3) is 6.08 Å². The number of alkyl halides is 3. The van der Waals surface area contributed by atoms with Gasteiger partial charge in [0.05, 0.1) is 16.7 Å². The molecule has 1 aromatic carbocycles. The van der Waals surface area contributed by atoms with Crippen LogP contribution in [0, 0.1) is 0 Å². The molecule has 22 heavy (non-hydrogen) atoms. The zero-order chi connectivity index (χ0) is 16.3. The second-order valence-corrected chi connectivity index (χ2v) is 5.53. The molecule has 1 aliphatic heterocycles. The molecule has 2 rings (SSSR count). The highest BCUT2D eigenvalue weighted by Crippen LogP contribution is 2.35. The van der Waals surface area contributed by atoms with E-state index in [-0.39, 0.29) is 16.5 Å². The van der Waals surface area contributed by atoms with Crippen LogP contribution in [0.2, 0.25) is 5.02 Å². The summed E-state index contributed by atoms with van der Waals surface area (Å²) in [5, 5.41) is 9.00. The highest BCUT2D eigenvalue weighted by atomic mass is 35.5. The highest BCUT2D eigenvalue weighted by Gasteiger charge is 2.33. The standard InChI is InChI=1S/C15H15ClF3NO2/c16-13-3-1-10(9-12(13)15(17,18)19)2-4-14(22)20-7-5-11(21)6-8-20/h1-4,9,11,21H,5-8H2. The van der Waals surface area contributed by atoms with Crippen LogP contribution >= 0.6 is 11.6 Å². The van der Waals surface area contributed by atoms with Crippen LogP contribution in [0.1, 0.15) is 24.0 Å². The number of piperidine rings is 1. The lowest BCUT2D eigenvalue weighted by atomic mass is 10.1. The Bertz CT molecular complexity index is 579. The van der Waals surface area contributed by atoms with Gasteiger partial charge in [-0.25, -0.2) is 0 Å². The lowest BCUT2D eigenvalue weighted by Crippen LogP contribution is -2.39. The predicted molar refractivity (Wildman–Crippen MR) is 77.3 cm³/mol. The number of aliphatic hydroxyl groups excluding tert-OH is 1. The fourth-order valence-electron chi connectivity index (χ4n) is 2.22. The average molecular weight is 334 g/mol. The number of aliphatic hydroxyl groups is 1. The minimum Gasteiger partial charge on any atom is -0.393 e. The molecule has 1 N–H and O–H groups in total. The smallest absolute Gasteiger partial charge is 0.393 e. The summed E-state index contributed by atoms with van der Waals surface area (Å²) in [5.41, 5.74) is -0.674. The molecule has 7 heteroatoms. The second-order valence-electron chi connectivity index (χ2n) is 5.13. The van der Waals surface area contributed by atoms with Gasteiger partial charge in [-0.05, 0) is 36.6 Å². The molecule has 0 atom stereocenters.